The molecule has 0 bridgehead atoms. The maximum absolute atomic E-state index is 14.7. The summed E-state index contributed by atoms with van der Waals surface area (Å²) >= 11 is 6.03. The van der Waals surface area contributed by atoms with Gasteiger partial charge in [-0.05, 0) is 49.7 Å². The van der Waals surface area contributed by atoms with E-state index in [0.717, 1.165) is 37.6 Å². The molecule has 9 nitrogen and oxygen atoms in total. The molecule has 11 heteroatoms. The first kappa shape index (κ1) is 27.6. The van der Waals surface area contributed by atoms with E-state index in [-0.39, 0.29) is 24.1 Å². The second-order valence-electron chi connectivity index (χ2n) is 9.33. The largest absolute Gasteiger partial charge is 0.489 e. The molecule has 3 aromatic rings. The quantitative estimate of drug-likeness (QED) is 0.365. The Kier molecular flexibility index (Phi) is 9.33. The van der Waals surface area contributed by atoms with E-state index in [4.69, 9.17) is 16.3 Å². The highest BCUT2D eigenvalue weighted by Gasteiger charge is 2.19. The number of hydrogen-bond acceptors (Lipinski definition) is 7. The van der Waals surface area contributed by atoms with E-state index in [9.17, 15) is 14.3 Å². The van der Waals surface area contributed by atoms with Crippen LogP contribution in [0.25, 0.3) is 0 Å². The molecule has 0 radical (unpaired) electrons. The molecule has 2 aromatic carbocycles. The molecule has 1 amide bonds. The van der Waals surface area contributed by atoms with E-state index >= 15 is 0 Å². The Morgan fingerprint density at radius 3 is 2.66 bits per heavy atom. The number of rotatable bonds is 10. The van der Waals surface area contributed by atoms with Gasteiger partial charge in [0.2, 0.25) is 5.95 Å². The lowest BCUT2D eigenvalue weighted by Gasteiger charge is -2.36. The molecule has 0 spiro atoms. The van der Waals surface area contributed by atoms with Crippen molar-refractivity contribution in [1.29, 1.82) is 0 Å². The normalized spacial score (nSPS) is 14.4. The third kappa shape index (κ3) is 7.53. The minimum atomic E-state index is -1.18. The first-order valence-electron chi connectivity index (χ1n) is 12.5. The SMILES string of the molecule is CC(C)N1CCN(CCOc2ccc(Nc3nccc(N(Cc4cccc(Cl)c4)C(=O)O)n3)cc2F)CC1. The van der Waals surface area contributed by atoms with Crippen LogP contribution in [0.1, 0.15) is 19.4 Å². The number of nitrogens with zero attached hydrogens (tertiary/aromatic N) is 5. The van der Waals surface area contributed by atoms with Crippen molar-refractivity contribution in [2.24, 2.45) is 0 Å². The van der Waals surface area contributed by atoms with Crippen molar-refractivity contribution in [3.05, 3.63) is 71.1 Å². The maximum Gasteiger partial charge on any atom is 0.413 e. The lowest BCUT2D eigenvalue weighted by molar-refractivity contribution is 0.0965. The number of piperazine rings is 1. The number of halogens is 2. The molecular formula is C27H32ClFN6O3. The Balaban J connectivity index is 1.34. The molecule has 1 saturated heterocycles. The highest BCUT2D eigenvalue weighted by Crippen LogP contribution is 2.24. The molecule has 1 aliphatic heterocycles. The van der Waals surface area contributed by atoms with E-state index in [1.807, 2.05) is 0 Å². The fourth-order valence-corrected chi connectivity index (χ4v) is 4.45. The molecule has 0 aliphatic carbocycles. The molecule has 202 valence electrons. The summed E-state index contributed by atoms with van der Waals surface area (Å²) in [7, 11) is 0. The first-order valence-corrected chi connectivity index (χ1v) is 12.9. The van der Waals surface area contributed by atoms with Crippen molar-refractivity contribution in [3.8, 4) is 5.75 Å². The average Bonchev–Trinajstić information content (AvgIpc) is 2.89. The van der Waals surface area contributed by atoms with Gasteiger partial charge in [0.25, 0.3) is 0 Å². The summed E-state index contributed by atoms with van der Waals surface area (Å²) in [5.74, 6) is -0.0356. The van der Waals surface area contributed by atoms with E-state index in [1.165, 1.54) is 18.3 Å². The molecule has 1 aliphatic rings. The van der Waals surface area contributed by atoms with Crippen molar-refractivity contribution in [1.82, 2.24) is 19.8 Å². The Morgan fingerprint density at radius 1 is 1.18 bits per heavy atom. The molecular weight excluding hydrogens is 511 g/mol. The molecule has 4 rings (SSSR count). The van der Waals surface area contributed by atoms with Crippen LogP contribution in [0, 0.1) is 5.82 Å². The van der Waals surface area contributed by atoms with E-state index in [0.29, 0.717) is 28.9 Å². The Morgan fingerprint density at radius 2 is 1.97 bits per heavy atom. The highest BCUT2D eigenvalue weighted by atomic mass is 35.5. The van der Waals surface area contributed by atoms with Crippen molar-refractivity contribution >= 4 is 35.1 Å². The summed E-state index contributed by atoms with van der Waals surface area (Å²) < 4.78 is 20.4. The van der Waals surface area contributed by atoms with Gasteiger partial charge in [-0.1, -0.05) is 23.7 Å². The number of hydrogen-bond donors (Lipinski definition) is 2. The second kappa shape index (κ2) is 12.9. The lowest BCUT2D eigenvalue weighted by Crippen LogP contribution is -2.49. The van der Waals surface area contributed by atoms with E-state index in [2.05, 4.69) is 38.9 Å². The van der Waals surface area contributed by atoms with Crippen molar-refractivity contribution in [3.63, 3.8) is 0 Å². The molecule has 2 N–H and O–H groups in total. The minimum absolute atomic E-state index is 0.0560. The van der Waals surface area contributed by atoms with Crippen LogP contribution in [0.15, 0.2) is 54.7 Å². The monoisotopic (exact) mass is 542 g/mol. The van der Waals surface area contributed by atoms with Gasteiger partial charge in [0.05, 0.1) is 6.54 Å². The van der Waals surface area contributed by atoms with Crippen LogP contribution < -0.4 is 15.0 Å². The zero-order chi connectivity index (χ0) is 27.1. The maximum atomic E-state index is 14.7. The van der Waals surface area contributed by atoms with Crippen LogP contribution in [-0.2, 0) is 6.54 Å². The summed E-state index contributed by atoms with van der Waals surface area (Å²) in [5.41, 5.74) is 1.12. The number of anilines is 3. The number of aromatic nitrogens is 2. The Labute approximate surface area is 226 Å². The van der Waals surface area contributed by atoms with Gasteiger partial charge in [-0.2, -0.15) is 4.98 Å². The number of nitrogens with one attached hydrogen (secondary N) is 1. The molecule has 2 heterocycles. The fraction of sp³-hybridized carbons (Fsp3) is 0.370. The molecule has 0 atom stereocenters. The van der Waals surface area contributed by atoms with Crippen molar-refractivity contribution < 1.29 is 19.0 Å². The number of ether oxygens (including phenoxy) is 1. The number of amides is 1. The van der Waals surface area contributed by atoms with Crippen molar-refractivity contribution in [2.75, 3.05) is 49.5 Å². The minimum Gasteiger partial charge on any atom is -0.489 e. The van der Waals surface area contributed by atoms with Crippen LogP contribution in [-0.4, -0.2) is 76.3 Å². The van der Waals surface area contributed by atoms with Gasteiger partial charge in [0, 0.05) is 61.7 Å². The van der Waals surface area contributed by atoms with Gasteiger partial charge in [-0.3, -0.25) is 14.7 Å². The molecule has 0 saturated carbocycles. The second-order valence-corrected chi connectivity index (χ2v) is 9.76. The van der Waals surface area contributed by atoms with Crippen LogP contribution >= 0.6 is 11.6 Å². The van der Waals surface area contributed by atoms with Crippen molar-refractivity contribution in [2.45, 2.75) is 26.4 Å². The molecule has 0 unspecified atom stereocenters. The zero-order valence-electron chi connectivity index (χ0n) is 21.5. The fourth-order valence-electron chi connectivity index (χ4n) is 4.24. The molecule has 38 heavy (non-hydrogen) atoms. The van der Waals surface area contributed by atoms with Gasteiger partial charge >= 0.3 is 6.09 Å². The highest BCUT2D eigenvalue weighted by molar-refractivity contribution is 6.30. The average molecular weight is 543 g/mol. The van der Waals surface area contributed by atoms with Gasteiger partial charge in [-0.15, -0.1) is 0 Å². The van der Waals surface area contributed by atoms with Gasteiger partial charge in [-0.25, -0.2) is 14.2 Å². The lowest BCUT2D eigenvalue weighted by atomic mass is 10.2. The van der Waals surface area contributed by atoms with Gasteiger partial charge < -0.3 is 15.2 Å². The molecule has 1 fully saturated rings. The molecule has 1 aromatic heterocycles. The Bertz CT molecular complexity index is 1240. The van der Waals surface area contributed by atoms with Crippen LogP contribution in [0.2, 0.25) is 5.02 Å². The van der Waals surface area contributed by atoms with E-state index < -0.39 is 11.9 Å². The predicted octanol–water partition coefficient (Wildman–Crippen LogP) is 5.10. The summed E-state index contributed by atoms with van der Waals surface area (Å²) in [5, 5.41) is 13.2. The van der Waals surface area contributed by atoms with Gasteiger partial charge in [0.1, 0.15) is 12.4 Å². The number of carboxylic acid groups (broad SMARTS) is 1. The van der Waals surface area contributed by atoms with Crippen LogP contribution in [0.5, 0.6) is 5.75 Å². The predicted molar refractivity (Wildman–Crippen MR) is 146 cm³/mol. The smallest absolute Gasteiger partial charge is 0.413 e. The zero-order valence-corrected chi connectivity index (χ0v) is 22.2. The third-order valence-electron chi connectivity index (χ3n) is 6.37. The summed E-state index contributed by atoms with van der Waals surface area (Å²) in [6.07, 6.45) is 0.261. The third-order valence-corrected chi connectivity index (χ3v) is 6.60. The number of carbonyl (C=O) groups is 1. The summed E-state index contributed by atoms with van der Waals surface area (Å²) in [6, 6.07) is 13.5. The standard InChI is InChI=1S/C27H32ClFN6O3/c1-19(2)34-12-10-33(11-13-34)14-15-38-24-7-6-22(17-23(24)29)31-26-30-9-8-25(32-26)35(27(36)37)18-20-4-3-5-21(28)16-20/h3-9,16-17,19H,10-15,18H2,1-2H3,(H,36,37)(H,30,31,32). The van der Waals surface area contributed by atoms with E-state index in [1.54, 1.807) is 36.4 Å². The number of benzene rings is 2. The Hall–Kier alpha value is -3.47. The van der Waals surface area contributed by atoms with Gasteiger partial charge in [0.15, 0.2) is 11.6 Å². The van der Waals surface area contributed by atoms with Crippen LogP contribution in [0.4, 0.5) is 26.6 Å². The topological polar surface area (TPSA) is 94.1 Å². The van der Waals surface area contributed by atoms with Crippen LogP contribution in [0.3, 0.4) is 0 Å². The first-order chi connectivity index (χ1) is 18.3. The summed E-state index contributed by atoms with van der Waals surface area (Å²) in [6.45, 7) is 9.61. The summed E-state index contributed by atoms with van der Waals surface area (Å²) in [4.78, 5) is 26.2.